The van der Waals surface area contributed by atoms with Gasteiger partial charge in [-0.3, -0.25) is 4.79 Å². The first-order valence-corrected chi connectivity index (χ1v) is 9.46. The molecule has 29 heavy (non-hydrogen) atoms. The van der Waals surface area contributed by atoms with Gasteiger partial charge < -0.3 is 10.1 Å². The normalized spacial score (nSPS) is 20.7. The summed E-state index contributed by atoms with van der Waals surface area (Å²) in [6, 6.07) is 13.6. The van der Waals surface area contributed by atoms with Crippen LogP contribution in [-0.2, 0) is 4.79 Å². The van der Waals surface area contributed by atoms with E-state index in [-0.39, 0.29) is 17.5 Å². The molecule has 2 aromatic carbocycles. The van der Waals surface area contributed by atoms with Crippen LogP contribution >= 0.6 is 0 Å². The zero-order valence-electron chi connectivity index (χ0n) is 15.8. The second kappa shape index (κ2) is 6.84. The second-order valence-electron chi connectivity index (χ2n) is 7.30. The van der Waals surface area contributed by atoms with Gasteiger partial charge in [-0.25, -0.2) is 9.07 Å². The third kappa shape index (κ3) is 2.99. The molecule has 1 aromatic heterocycles. The molecule has 2 heterocycles. The first-order chi connectivity index (χ1) is 14.1. The van der Waals surface area contributed by atoms with E-state index < -0.39 is 6.04 Å². The maximum absolute atomic E-state index is 13.5. The zero-order chi connectivity index (χ0) is 20.0. The number of nitrogens with one attached hydrogen (secondary N) is 1. The lowest BCUT2D eigenvalue weighted by Gasteiger charge is -2.35. The van der Waals surface area contributed by atoms with Crippen molar-refractivity contribution >= 4 is 11.7 Å². The number of Topliss-reactive ketones (excluding diaryl/α,β-unsaturated/α-hetero) is 1. The molecule has 0 amide bonds. The molecule has 0 unspecified atom stereocenters. The molecule has 0 radical (unpaired) electrons. The minimum atomic E-state index is -0.409. The largest absolute Gasteiger partial charge is 0.497 e. The van der Waals surface area contributed by atoms with Gasteiger partial charge in [0.05, 0.1) is 7.11 Å². The molecule has 1 N–H and O–H groups in total. The fourth-order valence-electron chi connectivity index (χ4n) is 4.22. The predicted molar refractivity (Wildman–Crippen MR) is 105 cm³/mol. The van der Waals surface area contributed by atoms with Crippen molar-refractivity contribution in [3.8, 4) is 5.75 Å². The third-order valence-corrected chi connectivity index (χ3v) is 5.63. The number of ether oxygens (including phenoxy) is 1. The molecule has 5 rings (SSSR count). The monoisotopic (exact) mass is 390 g/mol. The van der Waals surface area contributed by atoms with Crippen molar-refractivity contribution in [2.45, 2.75) is 24.8 Å². The number of hydrogen-bond donors (Lipinski definition) is 1. The zero-order valence-corrected chi connectivity index (χ0v) is 15.8. The Balaban J connectivity index is 1.55. The summed E-state index contributed by atoms with van der Waals surface area (Å²) in [4.78, 5) is 17.6. The standard InChI is InChI=1S/C22H19FN4O2/c1-29-17-8-4-13(5-9-17)15-10-18-20(19(28)11-15)21(14-2-6-16(23)7-3-14)27-22(26-18)24-12-25-27/h2-9,12,15,21H,10-11H2,1H3,(H,24,25,26)/t15-,21-/m1/s1. The number of aromatic nitrogens is 3. The molecule has 1 aliphatic carbocycles. The molecule has 3 aromatic rings. The number of rotatable bonds is 3. The number of ketones is 1. The van der Waals surface area contributed by atoms with Crippen LogP contribution in [0.4, 0.5) is 10.3 Å². The van der Waals surface area contributed by atoms with E-state index in [9.17, 15) is 9.18 Å². The van der Waals surface area contributed by atoms with Crippen LogP contribution in [0, 0.1) is 5.82 Å². The van der Waals surface area contributed by atoms with Crippen LogP contribution in [0.2, 0.25) is 0 Å². The Hall–Kier alpha value is -3.48. The number of carbonyl (C=O) groups is 1. The SMILES string of the molecule is COc1ccc([C@H]2CC(=O)C3=C(C2)Nc2ncnn2[C@@H]3c2ccc(F)cc2)cc1. The van der Waals surface area contributed by atoms with Crippen molar-refractivity contribution in [2.24, 2.45) is 0 Å². The highest BCUT2D eigenvalue weighted by Crippen LogP contribution is 2.43. The maximum atomic E-state index is 13.5. The van der Waals surface area contributed by atoms with Crippen molar-refractivity contribution in [3.63, 3.8) is 0 Å². The van der Waals surface area contributed by atoms with E-state index in [0.717, 1.165) is 22.6 Å². The van der Waals surface area contributed by atoms with E-state index in [0.29, 0.717) is 24.4 Å². The first kappa shape index (κ1) is 17.6. The number of carbonyl (C=O) groups excluding carboxylic acids is 1. The van der Waals surface area contributed by atoms with Crippen LogP contribution < -0.4 is 10.1 Å². The fourth-order valence-corrected chi connectivity index (χ4v) is 4.22. The van der Waals surface area contributed by atoms with Gasteiger partial charge in [0.2, 0.25) is 5.95 Å². The molecule has 0 fully saturated rings. The molecule has 2 aliphatic rings. The number of hydrogen-bond acceptors (Lipinski definition) is 5. The molecule has 6 nitrogen and oxygen atoms in total. The summed E-state index contributed by atoms with van der Waals surface area (Å²) in [5, 5.41) is 7.60. The Labute approximate surface area is 167 Å². The molecular weight excluding hydrogens is 371 g/mol. The van der Waals surface area contributed by atoms with Crippen LogP contribution in [0.5, 0.6) is 5.75 Å². The van der Waals surface area contributed by atoms with Crippen LogP contribution in [0.25, 0.3) is 0 Å². The second-order valence-corrected chi connectivity index (χ2v) is 7.30. The highest BCUT2D eigenvalue weighted by atomic mass is 19.1. The quantitative estimate of drug-likeness (QED) is 0.736. The van der Waals surface area contributed by atoms with E-state index in [2.05, 4.69) is 15.4 Å². The smallest absolute Gasteiger partial charge is 0.226 e. The number of halogens is 1. The van der Waals surface area contributed by atoms with Gasteiger partial charge in [-0.2, -0.15) is 10.1 Å². The Morgan fingerprint density at radius 3 is 2.52 bits per heavy atom. The van der Waals surface area contributed by atoms with Crippen molar-refractivity contribution in [1.82, 2.24) is 14.8 Å². The Morgan fingerprint density at radius 1 is 1.07 bits per heavy atom. The van der Waals surface area contributed by atoms with Gasteiger partial charge in [-0.1, -0.05) is 24.3 Å². The van der Waals surface area contributed by atoms with E-state index in [4.69, 9.17) is 4.74 Å². The average Bonchev–Trinajstić information content (AvgIpc) is 3.21. The summed E-state index contributed by atoms with van der Waals surface area (Å²) in [5.74, 6) is 1.19. The number of methoxy groups -OCH3 is 1. The number of anilines is 1. The van der Waals surface area contributed by atoms with Crippen molar-refractivity contribution in [2.75, 3.05) is 12.4 Å². The molecule has 1 aliphatic heterocycles. The Kier molecular flexibility index (Phi) is 4.16. The summed E-state index contributed by atoms with van der Waals surface area (Å²) in [6.45, 7) is 0. The summed E-state index contributed by atoms with van der Waals surface area (Å²) in [6.07, 6.45) is 2.56. The van der Waals surface area contributed by atoms with E-state index >= 15 is 0 Å². The van der Waals surface area contributed by atoms with Crippen molar-refractivity contribution in [1.29, 1.82) is 0 Å². The van der Waals surface area contributed by atoms with Gasteiger partial charge in [0.15, 0.2) is 5.78 Å². The van der Waals surface area contributed by atoms with Gasteiger partial charge in [-0.15, -0.1) is 0 Å². The Morgan fingerprint density at radius 2 is 1.79 bits per heavy atom. The summed E-state index contributed by atoms with van der Waals surface area (Å²) >= 11 is 0. The van der Waals surface area contributed by atoms with Crippen molar-refractivity contribution in [3.05, 3.63) is 83.1 Å². The van der Waals surface area contributed by atoms with Crippen molar-refractivity contribution < 1.29 is 13.9 Å². The number of fused-ring (bicyclic) bond motifs is 1. The number of benzene rings is 2. The summed E-state index contributed by atoms with van der Waals surface area (Å²) in [5.41, 5.74) is 3.44. The first-order valence-electron chi connectivity index (χ1n) is 9.46. The molecule has 0 spiro atoms. The van der Waals surface area contributed by atoms with Gasteiger partial charge in [-0.05, 0) is 47.7 Å². The number of allylic oxidation sites excluding steroid dienone is 2. The highest BCUT2D eigenvalue weighted by molar-refractivity contribution is 6.00. The van der Waals surface area contributed by atoms with E-state index in [1.54, 1.807) is 23.9 Å². The number of nitrogens with zero attached hydrogens (tertiary/aromatic N) is 3. The third-order valence-electron chi connectivity index (χ3n) is 5.63. The summed E-state index contributed by atoms with van der Waals surface area (Å²) in [7, 11) is 1.63. The van der Waals surface area contributed by atoms with E-state index in [1.807, 2.05) is 24.3 Å². The average molecular weight is 390 g/mol. The summed E-state index contributed by atoms with van der Waals surface area (Å²) < 4.78 is 20.4. The molecular formula is C22H19FN4O2. The van der Waals surface area contributed by atoms with Gasteiger partial charge >= 0.3 is 0 Å². The lowest BCUT2D eigenvalue weighted by molar-refractivity contribution is -0.116. The van der Waals surface area contributed by atoms with E-state index in [1.165, 1.54) is 18.5 Å². The van der Waals surface area contributed by atoms with Gasteiger partial charge in [0.25, 0.3) is 0 Å². The molecule has 0 bridgehead atoms. The minimum Gasteiger partial charge on any atom is -0.497 e. The molecule has 2 atom stereocenters. The highest BCUT2D eigenvalue weighted by Gasteiger charge is 2.39. The topological polar surface area (TPSA) is 69.0 Å². The lowest BCUT2D eigenvalue weighted by Crippen LogP contribution is -2.33. The van der Waals surface area contributed by atoms with Crippen LogP contribution in [-0.4, -0.2) is 27.7 Å². The molecule has 146 valence electrons. The van der Waals surface area contributed by atoms with Crippen LogP contribution in [0.3, 0.4) is 0 Å². The van der Waals surface area contributed by atoms with Crippen LogP contribution in [0.15, 0.2) is 66.1 Å². The maximum Gasteiger partial charge on any atom is 0.226 e. The molecule has 7 heteroatoms. The Bertz CT molecular complexity index is 1100. The van der Waals surface area contributed by atoms with Crippen LogP contribution in [0.1, 0.15) is 35.9 Å². The lowest BCUT2D eigenvalue weighted by atomic mass is 9.78. The fraction of sp³-hybridized carbons (Fsp3) is 0.227. The van der Waals surface area contributed by atoms with Gasteiger partial charge in [0, 0.05) is 17.7 Å². The minimum absolute atomic E-state index is 0.0649. The molecule has 0 saturated heterocycles. The molecule has 0 saturated carbocycles. The predicted octanol–water partition coefficient (Wildman–Crippen LogP) is 3.84. The van der Waals surface area contributed by atoms with Gasteiger partial charge in [0.1, 0.15) is 23.9 Å².